The number of carbonyl (C=O) groups excluding carboxylic acids is 1. The summed E-state index contributed by atoms with van der Waals surface area (Å²) in [6.07, 6.45) is 0. The predicted molar refractivity (Wildman–Crippen MR) is 115 cm³/mol. The third-order valence-corrected chi connectivity index (χ3v) is 4.78. The van der Waals surface area contributed by atoms with E-state index >= 15 is 0 Å². The van der Waals surface area contributed by atoms with Crippen LogP contribution in [0.25, 0.3) is 11.3 Å². The van der Waals surface area contributed by atoms with Crippen molar-refractivity contribution >= 4 is 34.8 Å². The maximum atomic E-state index is 12.1. The summed E-state index contributed by atoms with van der Waals surface area (Å²) >= 11 is 5.85. The monoisotopic (exact) mass is 409 g/mol. The Labute approximate surface area is 173 Å². The van der Waals surface area contributed by atoms with E-state index < -0.39 is 0 Å². The van der Waals surface area contributed by atoms with Crippen molar-refractivity contribution < 1.29 is 9.53 Å². The maximum Gasteiger partial charge on any atom is 0.323 e. The predicted octanol–water partition coefficient (Wildman–Crippen LogP) is 4.28. The molecular weight excluding hydrogens is 390 g/mol. The molecule has 8 heteroatoms. The van der Waals surface area contributed by atoms with E-state index in [0.29, 0.717) is 29.6 Å². The van der Waals surface area contributed by atoms with Crippen LogP contribution in [0.15, 0.2) is 60.7 Å². The molecule has 0 bridgehead atoms. The number of nitrogens with one attached hydrogen (secondary N) is 2. The van der Waals surface area contributed by atoms with Crippen molar-refractivity contribution in [3.8, 4) is 11.3 Å². The average Bonchev–Trinajstić information content (AvgIpc) is 2.77. The lowest BCUT2D eigenvalue weighted by Crippen LogP contribution is -2.36. The number of urea groups is 1. The molecule has 148 valence electrons. The van der Waals surface area contributed by atoms with Crippen molar-refractivity contribution in [3.63, 3.8) is 0 Å². The van der Waals surface area contributed by atoms with Gasteiger partial charge >= 0.3 is 6.03 Å². The summed E-state index contributed by atoms with van der Waals surface area (Å²) in [7, 11) is 0. The number of nitrogens with zero attached hydrogens (tertiary/aromatic N) is 3. The number of anilines is 3. The molecule has 0 saturated carbocycles. The van der Waals surface area contributed by atoms with E-state index in [4.69, 9.17) is 16.3 Å². The Kier molecular flexibility index (Phi) is 5.88. The number of rotatable bonds is 4. The number of ether oxygens (including phenoxy) is 1. The van der Waals surface area contributed by atoms with Gasteiger partial charge < -0.3 is 20.3 Å². The highest BCUT2D eigenvalue weighted by Gasteiger charge is 2.13. The van der Waals surface area contributed by atoms with Crippen LogP contribution in [0.4, 0.5) is 22.0 Å². The molecule has 2 aromatic carbocycles. The Morgan fingerprint density at radius 1 is 0.862 bits per heavy atom. The molecule has 1 fully saturated rings. The van der Waals surface area contributed by atoms with Gasteiger partial charge in [0.2, 0.25) is 0 Å². The van der Waals surface area contributed by atoms with Crippen LogP contribution in [-0.2, 0) is 4.74 Å². The molecular formula is C21H20ClN5O2. The quantitative estimate of drug-likeness (QED) is 0.672. The van der Waals surface area contributed by atoms with E-state index in [1.807, 2.05) is 36.4 Å². The molecule has 1 aliphatic rings. The molecule has 4 rings (SSSR count). The van der Waals surface area contributed by atoms with Crippen LogP contribution in [0.2, 0.25) is 5.02 Å². The molecule has 3 aromatic rings. The van der Waals surface area contributed by atoms with E-state index in [1.165, 1.54) is 0 Å². The second kappa shape index (κ2) is 8.89. The van der Waals surface area contributed by atoms with Gasteiger partial charge in [0, 0.05) is 35.1 Å². The standard InChI is InChI=1S/C21H20ClN5O2/c22-16-3-7-18(8-4-16)24-21(28)23-17-5-1-15(2-6-17)19-9-10-20(26-25-19)27-11-13-29-14-12-27/h1-10H,11-14H2,(H2,23,24,28). The van der Waals surface area contributed by atoms with Crippen molar-refractivity contribution in [2.24, 2.45) is 0 Å². The fraction of sp³-hybridized carbons (Fsp3) is 0.190. The van der Waals surface area contributed by atoms with Gasteiger partial charge in [-0.25, -0.2) is 4.79 Å². The minimum atomic E-state index is -0.324. The fourth-order valence-corrected chi connectivity index (χ4v) is 3.12. The molecule has 2 heterocycles. The number of benzene rings is 2. The zero-order valence-electron chi connectivity index (χ0n) is 15.6. The molecule has 0 radical (unpaired) electrons. The van der Waals surface area contributed by atoms with Gasteiger partial charge in [-0.1, -0.05) is 23.7 Å². The van der Waals surface area contributed by atoms with E-state index in [0.717, 1.165) is 30.2 Å². The second-order valence-corrected chi connectivity index (χ2v) is 6.98. The molecule has 1 aromatic heterocycles. The van der Waals surface area contributed by atoms with Gasteiger partial charge in [0.05, 0.1) is 18.9 Å². The summed E-state index contributed by atoms with van der Waals surface area (Å²) in [5, 5.41) is 14.8. The van der Waals surface area contributed by atoms with Crippen molar-refractivity contribution in [2.75, 3.05) is 41.8 Å². The minimum Gasteiger partial charge on any atom is -0.378 e. The van der Waals surface area contributed by atoms with Gasteiger partial charge in [-0.2, -0.15) is 0 Å². The van der Waals surface area contributed by atoms with Crippen LogP contribution >= 0.6 is 11.6 Å². The molecule has 0 spiro atoms. The summed E-state index contributed by atoms with van der Waals surface area (Å²) in [5.74, 6) is 0.856. The maximum absolute atomic E-state index is 12.1. The summed E-state index contributed by atoms with van der Waals surface area (Å²) in [5.41, 5.74) is 3.05. The van der Waals surface area contributed by atoms with Crippen LogP contribution in [0.1, 0.15) is 0 Å². The van der Waals surface area contributed by atoms with Crippen molar-refractivity contribution in [3.05, 3.63) is 65.7 Å². The summed E-state index contributed by atoms with van der Waals surface area (Å²) < 4.78 is 5.36. The highest BCUT2D eigenvalue weighted by Crippen LogP contribution is 2.21. The topological polar surface area (TPSA) is 79.4 Å². The number of carbonyl (C=O) groups is 1. The average molecular weight is 410 g/mol. The van der Waals surface area contributed by atoms with Gasteiger partial charge in [-0.15, -0.1) is 10.2 Å². The van der Waals surface area contributed by atoms with Crippen LogP contribution in [0.3, 0.4) is 0 Å². The van der Waals surface area contributed by atoms with Gasteiger partial charge in [-0.3, -0.25) is 0 Å². The highest BCUT2D eigenvalue weighted by atomic mass is 35.5. The molecule has 2 amide bonds. The highest BCUT2D eigenvalue weighted by molar-refractivity contribution is 6.30. The first kappa shape index (κ1) is 19.2. The molecule has 0 aliphatic carbocycles. The second-order valence-electron chi connectivity index (χ2n) is 6.54. The third-order valence-electron chi connectivity index (χ3n) is 4.53. The first-order valence-electron chi connectivity index (χ1n) is 9.28. The Balaban J connectivity index is 1.37. The number of hydrogen-bond donors (Lipinski definition) is 2. The SMILES string of the molecule is O=C(Nc1ccc(Cl)cc1)Nc1ccc(-c2ccc(N3CCOCC3)nn2)cc1. The Morgan fingerprint density at radius 2 is 1.48 bits per heavy atom. The largest absolute Gasteiger partial charge is 0.378 e. The molecule has 2 N–H and O–H groups in total. The van der Waals surface area contributed by atoms with Gasteiger partial charge in [0.25, 0.3) is 0 Å². The zero-order chi connectivity index (χ0) is 20.1. The van der Waals surface area contributed by atoms with Crippen molar-refractivity contribution in [1.82, 2.24) is 10.2 Å². The molecule has 7 nitrogen and oxygen atoms in total. The lowest BCUT2D eigenvalue weighted by atomic mass is 10.1. The van der Waals surface area contributed by atoms with E-state index in [-0.39, 0.29) is 6.03 Å². The normalized spacial score (nSPS) is 13.8. The summed E-state index contributed by atoms with van der Waals surface area (Å²) in [4.78, 5) is 14.3. The molecule has 29 heavy (non-hydrogen) atoms. The van der Waals surface area contributed by atoms with Gasteiger partial charge in [0.15, 0.2) is 5.82 Å². The number of halogens is 1. The van der Waals surface area contributed by atoms with Crippen LogP contribution < -0.4 is 15.5 Å². The third kappa shape index (κ3) is 5.01. The first-order chi connectivity index (χ1) is 14.2. The molecule has 0 atom stereocenters. The van der Waals surface area contributed by atoms with Gasteiger partial charge in [-0.05, 0) is 48.5 Å². The number of aromatic nitrogens is 2. The fourth-order valence-electron chi connectivity index (χ4n) is 2.99. The lowest BCUT2D eigenvalue weighted by Gasteiger charge is -2.27. The number of amides is 2. The smallest absolute Gasteiger partial charge is 0.323 e. The number of hydrogen-bond acceptors (Lipinski definition) is 5. The van der Waals surface area contributed by atoms with E-state index in [9.17, 15) is 4.79 Å². The molecule has 1 aliphatic heterocycles. The lowest BCUT2D eigenvalue weighted by molar-refractivity contribution is 0.122. The van der Waals surface area contributed by atoms with Crippen LogP contribution in [0.5, 0.6) is 0 Å². The van der Waals surface area contributed by atoms with E-state index in [2.05, 4.69) is 25.7 Å². The minimum absolute atomic E-state index is 0.324. The summed E-state index contributed by atoms with van der Waals surface area (Å²) in [6, 6.07) is 18.0. The Hall–Kier alpha value is -3.16. The zero-order valence-corrected chi connectivity index (χ0v) is 16.4. The first-order valence-corrected chi connectivity index (χ1v) is 9.66. The molecule has 0 unspecified atom stereocenters. The van der Waals surface area contributed by atoms with Crippen molar-refractivity contribution in [2.45, 2.75) is 0 Å². The van der Waals surface area contributed by atoms with Crippen molar-refractivity contribution in [1.29, 1.82) is 0 Å². The summed E-state index contributed by atoms with van der Waals surface area (Å²) in [6.45, 7) is 3.08. The Morgan fingerprint density at radius 3 is 2.07 bits per heavy atom. The van der Waals surface area contributed by atoms with E-state index in [1.54, 1.807) is 24.3 Å². The van der Waals surface area contributed by atoms with Crippen LogP contribution in [-0.4, -0.2) is 42.5 Å². The van der Waals surface area contributed by atoms with Crippen LogP contribution in [0, 0.1) is 0 Å². The van der Waals surface area contributed by atoms with Gasteiger partial charge in [0.1, 0.15) is 0 Å². The molecule has 1 saturated heterocycles. The Bertz CT molecular complexity index is 956. The number of morpholine rings is 1.